The van der Waals surface area contributed by atoms with Gasteiger partial charge in [0.05, 0.1) is 6.04 Å². The predicted octanol–water partition coefficient (Wildman–Crippen LogP) is 2.78. The van der Waals surface area contributed by atoms with Crippen molar-refractivity contribution in [3.63, 3.8) is 0 Å². The molecule has 1 atom stereocenters. The van der Waals surface area contributed by atoms with E-state index in [1.165, 1.54) is 11.1 Å². The molecule has 0 fully saturated rings. The average molecular weight is 230 g/mol. The number of aryl methyl sites for hydroxylation is 2. The Labute approximate surface area is 101 Å². The summed E-state index contributed by atoms with van der Waals surface area (Å²) in [6, 6.07) is 8.48. The molecule has 0 radical (unpaired) electrons. The van der Waals surface area contributed by atoms with Crippen LogP contribution in [0.15, 0.2) is 24.3 Å². The fourth-order valence-corrected chi connectivity index (χ4v) is 1.98. The normalized spacial score (nSPS) is 12.4. The fourth-order valence-electron chi connectivity index (χ4n) is 1.98. The third-order valence-corrected chi connectivity index (χ3v) is 2.86. The van der Waals surface area contributed by atoms with Crippen LogP contribution in [0.1, 0.15) is 29.9 Å². The predicted molar refractivity (Wildman–Crippen MR) is 71.0 cm³/mol. The SMILES string of the molecule is Cc1nc(NC(C)c2ccccc2C)c(N)[nH]1. The van der Waals surface area contributed by atoms with Gasteiger partial charge in [0.25, 0.3) is 0 Å². The minimum atomic E-state index is 0.182. The van der Waals surface area contributed by atoms with E-state index in [0.717, 1.165) is 11.6 Å². The van der Waals surface area contributed by atoms with Gasteiger partial charge >= 0.3 is 0 Å². The summed E-state index contributed by atoms with van der Waals surface area (Å²) in [5.41, 5.74) is 8.34. The number of nitrogen functional groups attached to an aromatic ring is 1. The summed E-state index contributed by atoms with van der Waals surface area (Å²) in [7, 11) is 0. The van der Waals surface area contributed by atoms with Gasteiger partial charge < -0.3 is 16.0 Å². The number of hydrogen-bond donors (Lipinski definition) is 3. The summed E-state index contributed by atoms with van der Waals surface area (Å²) in [5.74, 6) is 2.13. The van der Waals surface area contributed by atoms with Gasteiger partial charge in [-0.25, -0.2) is 4.98 Å². The number of imidazole rings is 1. The molecule has 4 N–H and O–H groups in total. The van der Waals surface area contributed by atoms with Crippen molar-refractivity contribution in [2.75, 3.05) is 11.1 Å². The molecule has 4 heteroatoms. The molecule has 1 unspecified atom stereocenters. The monoisotopic (exact) mass is 230 g/mol. The van der Waals surface area contributed by atoms with Crippen molar-refractivity contribution in [2.24, 2.45) is 0 Å². The molecule has 90 valence electrons. The van der Waals surface area contributed by atoms with Crippen LogP contribution < -0.4 is 11.1 Å². The molecule has 4 nitrogen and oxygen atoms in total. The number of benzene rings is 1. The number of nitrogens with one attached hydrogen (secondary N) is 2. The van der Waals surface area contributed by atoms with Crippen LogP contribution >= 0.6 is 0 Å². The van der Waals surface area contributed by atoms with Gasteiger partial charge in [-0.3, -0.25) is 0 Å². The van der Waals surface area contributed by atoms with E-state index in [1.54, 1.807) is 0 Å². The van der Waals surface area contributed by atoms with Crippen molar-refractivity contribution in [2.45, 2.75) is 26.8 Å². The van der Waals surface area contributed by atoms with E-state index in [9.17, 15) is 0 Å². The maximum Gasteiger partial charge on any atom is 0.169 e. The topological polar surface area (TPSA) is 66.7 Å². The summed E-state index contributed by atoms with van der Waals surface area (Å²) in [6.07, 6.45) is 0. The van der Waals surface area contributed by atoms with Crippen LogP contribution in [0, 0.1) is 13.8 Å². The first-order valence-electron chi connectivity index (χ1n) is 5.72. The second kappa shape index (κ2) is 4.49. The lowest BCUT2D eigenvalue weighted by Crippen LogP contribution is -2.09. The smallest absolute Gasteiger partial charge is 0.169 e. The molecular weight excluding hydrogens is 212 g/mol. The van der Waals surface area contributed by atoms with Crippen LogP contribution in [0.3, 0.4) is 0 Å². The summed E-state index contributed by atoms with van der Waals surface area (Å²) >= 11 is 0. The summed E-state index contributed by atoms with van der Waals surface area (Å²) in [4.78, 5) is 7.30. The number of rotatable bonds is 3. The summed E-state index contributed by atoms with van der Waals surface area (Å²) in [6.45, 7) is 6.10. The van der Waals surface area contributed by atoms with E-state index < -0.39 is 0 Å². The molecule has 1 aromatic heterocycles. The molecule has 2 aromatic rings. The van der Waals surface area contributed by atoms with Gasteiger partial charge in [-0.1, -0.05) is 24.3 Å². The third-order valence-electron chi connectivity index (χ3n) is 2.86. The second-order valence-electron chi connectivity index (χ2n) is 4.31. The van der Waals surface area contributed by atoms with E-state index in [-0.39, 0.29) is 6.04 Å². The number of nitrogens with zero attached hydrogens (tertiary/aromatic N) is 1. The van der Waals surface area contributed by atoms with Gasteiger partial charge in [0.2, 0.25) is 0 Å². The van der Waals surface area contributed by atoms with Crippen LogP contribution in [-0.4, -0.2) is 9.97 Å². The van der Waals surface area contributed by atoms with Gasteiger partial charge in [0.15, 0.2) is 5.82 Å². The highest BCUT2D eigenvalue weighted by atomic mass is 15.1. The highest BCUT2D eigenvalue weighted by Crippen LogP contribution is 2.23. The Balaban J connectivity index is 2.20. The van der Waals surface area contributed by atoms with Crippen LogP contribution in [0.5, 0.6) is 0 Å². The highest BCUT2D eigenvalue weighted by molar-refractivity contribution is 5.58. The molecule has 0 spiro atoms. The van der Waals surface area contributed by atoms with Gasteiger partial charge in [-0.15, -0.1) is 0 Å². The summed E-state index contributed by atoms with van der Waals surface area (Å²) in [5, 5.41) is 3.32. The number of nitrogens with two attached hydrogens (primary N) is 1. The first-order chi connectivity index (χ1) is 8.08. The van der Waals surface area contributed by atoms with E-state index in [0.29, 0.717) is 5.82 Å². The van der Waals surface area contributed by atoms with Crippen molar-refractivity contribution < 1.29 is 0 Å². The molecule has 1 heterocycles. The lowest BCUT2D eigenvalue weighted by molar-refractivity contribution is 0.867. The second-order valence-corrected chi connectivity index (χ2v) is 4.31. The number of anilines is 2. The Hall–Kier alpha value is -1.97. The van der Waals surface area contributed by atoms with Gasteiger partial charge in [-0.05, 0) is 31.9 Å². The first-order valence-corrected chi connectivity index (χ1v) is 5.72. The molecule has 0 saturated heterocycles. The molecular formula is C13H18N4. The maximum absolute atomic E-state index is 5.83. The minimum Gasteiger partial charge on any atom is -0.382 e. The molecule has 0 amide bonds. The molecule has 17 heavy (non-hydrogen) atoms. The summed E-state index contributed by atoms with van der Waals surface area (Å²) < 4.78 is 0. The van der Waals surface area contributed by atoms with Crippen molar-refractivity contribution in [3.8, 4) is 0 Å². The third kappa shape index (κ3) is 2.41. The Morgan fingerprint density at radius 3 is 2.59 bits per heavy atom. The Kier molecular flexibility index (Phi) is 3.04. The zero-order valence-corrected chi connectivity index (χ0v) is 10.4. The van der Waals surface area contributed by atoms with Crippen LogP contribution in [0.2, 0.25) is 0 Å². The van der Waals surface area contributed by atoms with Crippen molar-refractivity contribution in [3.05, 3.63) is 41.2 Å². The van der Waals surface area contributed by atoms with Crippen LogP contribution in [-0.2, 0) is 0 Å². The average Bonchev–Trinajstić information content (AvgIpc) is 2.58. The molecule has 0 aliphatic heterocycles. The van der Waals surface area contributed by atoms with Crippen molar-refractivity contribution in [1.29, 1.82) is 0 Å². The molecule has 2 rings (SSSR count). The van der Waals surface area contributed by atoms with E-state index in [4.69, 9.17) is 5.73 Å². The lowest BCUT2D eigenvalue weighted by Gasteiger charge is -2.16. The Bertz CT molecular complexity index is 516. The number of H-pyrrole nitrogens is 1. The largest absolute Gasteiger partial charge is 0.382 e. The zero-order chi connectivity index (χ0) is 12.4. The molecule has 0 saturated carbocycles. The fraction of sp³-hybridized carbons (Fsp3) is 0.308. The van der Waals surface area contributed by atoms with E-state index in [1.807, 2.05) is 19.1 Å². The lowest BCUT2D eigenvalue weighted by atomic mass is 10.0. The van der Waals surface area contributed by atoms with Gasteiger partial charge in [0.1, 0.15) is 11.6 Å². The Morgan fingerprint density at radius 1 is 1.29 bits per heavy atom. The first kappa shape index (κ1) is 11.5. The molecule has 0 aliphatic carbocycles. The number of aromatic amines is 1. The Morgan fingerprint density at radius 2 is 2.00 bits per heavy atom. The van der Waals surface area contributed by atoms with Crippen LogP contribution in [0.4, 0.5) is 11.6 Å². The molecule has 0 aliphatic rings. The standard InChI is InChI=1S/C13H18N4/c1-8-6-4-5-7-11(8)9(2)15-13-12(14)16-10(3)17-13/h4-7,9,15H,14H2,1-3H3,(H,16,17). The van der Waals surface area contributed by atoms with Gasteiger partial charge in [-0.2, -0.15) is 0 Å². The van der Waals surface area contributed by atoms with Crippen molar-refractivity contribution in [1.82, 2.24) is 9.97 Å². The van der Waals surface area contributed by atoms with E-state index in [2.05, 4.69) is 41.3 Å². The number of aromatic nitrogens is 2. The van der Waals surface area contributed by atoms with Crippen molar-refractivity contribution >= 4 is 11.6 Å². The quantitative estimate of drug-likeness (QED) is 0.759. The maximum atomic E-state index is 5.83. The zero-order valence-electron chi connectivity index (χ0n) is 10.4. The van der Waals surface area contributed by atoms with Crippen LogP contribution in [0.25, 0.3) is 0 Å². The number of hydrogen-bond acceptors (Lipinski definition) is 3. The highest BCUT2D eigenvalue weighted by Gasteiger charge is 2.11. The molecule has 1 aromatic carbocycles. The minimum absolute atomic E-state index is 0.182. The molecule has 0 bridgehead atoms. The van der Waals surface area contributed by atoms with Gasteiger partial charge in [0, 0.05) is 0 Å². The van der Waals surface area contributed by atoms with E-state index >= 15 is 0 Å².